The van der Waals surface area contributed by atoms with Crippen molar-refractivity contribution < 1.29 is 47.7 Å². The van der Waals surface area contributed by atoms with E-state index in [-0.39, 0.29) is 62.2 Å². The topological polar surface area (TPSA) is 231 Å². The maximum atomic E-state index is 13.7. The van der Waals surface area contributed by atoms with Crippen LogP contribution in [0.4, 0.5) is 20.1 Å². The Balaban J connectivity index is 1.16. The van der Waals surface area contributed by atoms with Gasteiger partial charge in [0, 0.05) is 35.3 Å². The third-order valence-corrected chi connectivity index (χ3v) is 11.8. The number of amides is 5. The number of aromatic nitrogens is 4. The zero-order chi connectivity index (χ0) is 45.5. The summed E-state index contributed by atoms with van der Waals surface area (Å²) < 4.78 is 27.0. The van der Waals surface area contributed by atoms with Crippen molar-refractivity contribution in [3.05, 3.63) is 60.4 Å². The van der Waals surface area contributed by atoms with Crippen LogP contribution in [0, 0.1) is 11.8 Å². The Bertz CT molecular complexity index is 2330. The van der Waals surface area contributed by atoms with Gasteiger partial charge in [-0.25, -0.2) is 24.4 Å². The van der Waals surface area contributed by atoms with Crippen LogP contribution in [-0.4, -0.2) is 126 Å². The fourth-order valence-electron chi connectivity index (χ4n) is 8.42. The molecule has 19 heteroatoms. The van der Waals surface area contributed by atoms with Crippen molar-refractivity contribution in [2.45, 2.75) is 77.5 Å². The van der Waals surface area contributed by atoms with Crippen LogP contribution in [0.25, 0.3) is 33.6 Å². The lowest BCUT2D eigenvalue weighted by Crippen LogP contribution is -2.51. The average molecular weight is 884 g/mol. The van der Waals surface area contributed by atoms with Gasteiger partial charge in [0.2, 0.25) is 11.8 Å². The van der Waals surface area contributed by atoms with E-state index in [0.717, 1.165) is 24.0 Å². The number of methoxy groups -OCH3 is 2. The van der Waals surface area contributed by atoms with Crippen LogP contribution in [0.15, 0.2) is 48.8 Å². The number of carbonyl (C=O) groups is 5. The number of anilines is 1. The molecule has 0 spiro atoms. The summed E-state index contributed by atoms with van der Waals surface area (Å²) in [7, 11) is 2.53. The van der Waals surface area contributed by atoms with E-state index in [0.29, 0.717) is 71.5 Å². The van der Waals surface area contributed by atoms with Gasteiger partial charge in [-0.2, -0.15) is 0 Å². The molecule has 0 aliphatic carbocycles. The van der Waals surface area contributed by atoms with Gasteiger partial charge in [-0.3, -0.25) is 14.9 Å². The zero-order valence-electron chi connectivity index (χ0n) is 37.0. The van der Waals surface area contributed by atoms with E-state index in [9.17, 15) is 24.0 Å². The molecule has 5 N–H and O–H groups in total. The van der Waals surface area contributed by atoms with E-state index in [4.69, 9.17) is 33.7 Å². The Morgan fingerprint density at radius 2 is 1.20 bits per heavy atom. The number of likely N-dealkylation sites (tertiary alicyclic amines) is 2. The summed E-state index contributed by atoms with van der Waals surface area (Å²) in [6, 6.07) is 9.21. The zero-order valence-corrected chi connectivity index (χ0v) is 37.0. The maximum Gasteiger partial charge on any atom is 0.411 e. The van der Waals surface area contributed by atoms with Crippen molar-refractivity contribution in [2.24, 2.45) is 11.8 Å². The van der Waals surface area contributed by atoms with E-state index in [2.05, 4.69) is 25.9 Å². The second kappa shape index (κ2) is 20.3. The van der Waals surface area contributed by atoms with Crippen molar-refractivity contribution in [1.29, 1.82) is 0 Å². The number of hydrogen-bond acceptors (Lipinski definition) is 12. The molecule has 0 saturated carbocycles. The van der Waals surface area contributed by atoms with Crippen LogP contribution >= 0.6 is 0 Å². The van der Waals surface area contributed by atoms with Gasteiger partial charge in [0.25, 0.3) is 0 Å². The van der Waals surface area contributed by atoms with Crippen LogP contribution in [0.1, 0.15) is 77.1 Å². The number of fused-ring (bicyclic) bond motifs is 3. The van der Waals surface area contributed by atoms with Crippen molar-refractivity contribution in [3.8, 4) is 39.4 Å². The standard InChI is InChI=1S/C45H57N9O10/c1-25(2)37(51-43(57)60-5)41(55)53-15-7-9-34(53)39-46-23-32(48-39)27-11-13-29-30-14-12-28(22-36(30)63-19-17-62-18-20-64-45(59)50-31(29)21-27)33-24-47-40(49-33)35-10-8-16-54(35)42(56)38(26(3)4)52-44(58)61-6/h11-14,21-26,34-35,37-38H,7-10,15-20H2,1-6H3,(H,46,48)(H,47,49)(H,50,59)(H,51,57)(H,52,58). The van der Waals surface area contributed by atoms with Gasteiger partial charge in [-0.15, -0.1) is 0 Å². The molecule has 19 nitrogen and oxygen atoms in total. The number of alkyl carbamates (subject to hydrolysis) is 2. The molecular weight excluding hydrogens is 827 g/mol. The first-order chi connectivity index (χ1) is 30.9. The van der Waals surface area contributed by atoms with Crippen molar-refractivity contribution in [2.75, 3.05) is 59.1 Å². The highest BCUT2D eigenvalue weighted by Crippen LogP contribution is 2.41. The molecule has 4 atom stereocenters. The van der Waals surface area contributed by atoms with Gasteiger partial charge in [-0.1, -0.05) is 45.9 Å². The first kappa shape index (κ1) is 45.4. The van der Waals surface area contributed by atoms with E-state index in [1.165, 1.54) is 14.2 Å². The number of cyclic esters (lactones) is 1. The number of nitrogens with one attached hydrogen (secondary N) is 5. The van der Waals surface area contributed by atoms with Crippen molar-refractivity contribution in [3.63, 3.8) is 0 Å². The summed E-state index contributed by atoms with van der Waals surface area (Å²) >= 11 is 0. The van der Waals surface area contributed by atoms with E-state index in [1.54, 1.807) is 22.2 Å². The summed E-state index contributed by atoms with van der Waals surface area (Å²) in [5.41, 5.74) is 4.69. The Morgan fingerprint density at radius 1 is 0.703 bits per heavy atom. The molecular formula is C45H57N9O10. The average Bonchev–Trinajstić information content (AvgIpc) is 4.13. The summed E-state index contributed by atoms with van der Waals surface area (Å²) in [6.45, 7) is 9.24. The highest BCUT2D eigenvalue weighted by molar-refractivity contribution is 5.95. The SMILES string of the molecule is COC(=O)NC(C(=O)N1CCCC1c1ncc(-c2ccc3c(c2)NC(=O)OCCOCCOc2cc(-c4cnc(C5CCCN5C(=O)C(NC(=O)OC)C(C)C)[nH]4)ccc2-3)[nH]1)C(C)C. The smallest absolute Gasteiger partial charge is 0.411 e. The first-order valence-electron chi connectivity index (χ1n) is 21.7. The summed E-state index contributed by atoms with van der Waals surface area (Å²) in [6.07, 6.45) is 4.39. The number of nitrogens with zero attached hydrogens (tertiary/aromatic N) is 4. The Labute approximate surface area is 371 Å². The highest BCUT2D eigenvalue weighted by Gasteiger charge is 2.39. The number of rotatable bonds is 10. The minimum absolute atomic E-state index is 0.0391. The van der Waals surface area contributed by atoms with Crippen molar-refractivity contribution >= 4 is 35.8 Å². The predicted molar refractivity (Wildman–Crippen MR) is 234 cm³/mol. The van der Waals surface area contributed by atoms with Gasteiger partial charge in [-0.05, 0) is 55.7 Å². The number of hydrogen-bond donors (Lipinski definition) is 5. The molecule has 2 saturated heterocycles. The summed E-state index contributed by atoms with van der Waals surface area (Å²) in [5.74, 6) is 1.03. The molecule has 7 rings (SSSR count). The molecule has 2 aromatic heterocycles. The highest BCUT2D eigenvalue weighted by atomic mass is 16.6. The first-order valence-corrected chi connectivity index (χ1v) is 21.7. The molecule has 3 aliphatic heterocycles. The molecule has 4 aromatic rings. The van der Waals surface area contributed by atoms with Gasteiger partial charge >= 0.3 is 18.3 Å². The van der Waals surface area contributed by atoms with Gasteiger partial charge < -0.3 is 54.1 Å². The largest absolute Gasteiger partial charge is 0.491 e. The third kappa shape index (κ3) is 10.1. The van der Waals surface area contributed by atoms with Crippen LogP contribution in [0.5, 0.6) is 5.75 Å². The second-order valence-corrected chi connectivity index (χ2v) is 16.7. The minimum Gasteiger partial charge on any atom is -0.491 e. The molecule has 2 aromatic carbocycles. The van der Waals surface area contributed by atoms with E-state index >= 15 is 0 Å². The lowest BCUT2D eigenvalue weighted by atomic mass is 9.97. The van der Waals surface area contributed by atoms with Crippen molar-refractivity contribution in [1.82, 2.24) is 40.4 Å². The molecule has 342 valence electrons. The van der Waals surface area contributed by atoms with Gasteiger partial charge in [0.15, 0.2) is 0 Å². The lowest BCUT2D eigenvalue weighted by Gasteiger charge is -2.30. The number of imidazole rings is 2. The molecule has 0 radical (unpaired) electrons. The quantitative estimate of drug-likeness (QED) is 0.113. The lowest BCUT2D eigenvalue weighted by molar-refractivity contribution is -0.136. The Hall–Kier alpha value is -6.63. The number of carbonyl (C=O) groups excluding carboxylic acids is 5. The van der Waals surface area contributed by atoms with Crippen LogP contribution < -0.4 is 20.7 Å². The van der Waals surface area contributed by atoms with Gasteiger partial charge in [0.1, 0.15) is 42.7 Å². The van der Waals surface area contributed by atoms with Crippen LogP contribution in [-0.2, 0) is 28.5 Å². The molecule has 64 heavy (non-hydrogen) atoms. The van der Waals surface area contributed by atoms with Crippen LogP contribution in [0.2, 0.25) is 0 Å². The second-order valence-electron chi connectivity index (χ2n) is 16.7. The molecule has 0 bridgehead atoms. The number of ether oxygens (including phenoxy) is 5. The van der Waals surface area contributed by atoms with Crippen LogP contribution in [0.3, 0.4) is 0 Å². The summed E-state index contributed by atoms with van der Waals surface area (Å²) in [5, 5.41) is 8.29. The molecule has 5 heterocycles. The molecule has 2 fully saturated rings. The number of benzene rings is 2. The number of H-pyrrole nitrogens is 2. The monoisotopic (exact) mass is 883 g/mol. The van der Waals surface area contributed by atoms with E-state index < -0.39 is 30.4 Å². The molecule has 4 unspecified atom stereocenters. The fourth-order valence-corrected chi connectivity index (χ4v) is 8.42. The fraction of sp³-hybridized carbons (Fsp3) is 0.489. The molecule has 3 aliphatic rings. The summed E-state index contributed by atoms with van der Waals surface area (Å²) in [4.78, 5) is 84.6. The third-order valence-electron chi connectivity index (χ3n) is 11.8. The number of aromatic amines is 2. The Morgan fingerprint density at radius 3 is 1.72 bits per heavy atom. The van der Waals surface area contributed by atoms with Gasteiger partial charge in [0.05, 0.1) is 69.0 Å². The maximum absolute atomic E-state index is 13.7. The van der Waals surface area contributed by atoms with E-state index in [1.807, 2.05) is 64.1 Å². The minimum atomic E-state index is -0.762. The Kier molecular flexibility index (Phi) is 14.4. The molecule has 5 amide bonds. The predicted octanol–water partition coefficient (Wildman–Crippen LogP) is 6.18. The normalized spacial score (nSPS) is 18.8.